The summed E-state index contributed by atoms with van der Waals surface area (Å²) in [5.74, 6) is -0.269. The molecule has 0 radical (unpaired) electrons. The van der Waals surface area contributed by atoms with Crippen molar-refractivity contribution in [2.24, 2.45) is 17.6 Å². The number of nitrogens with two attached hydrogens (primary N) is 1. The number of halogens is 2. The Hall–Kier alpha value is -1.09. The van der Waals surface area contributed by atoms with Crippen molar-refractivity contribution in [1.29, 1.82) is 0 Å². The molecule has 5 nitrogen and oxygen atoms in total. The third-order valence-electron chi connectivity index (χ3n) is 6.65. The molecule has 1 aromatic rings. The fraction of sp³-hybridized carbons (Fsp3) is 0.714. The van der Waals surface area contributed by atoms with Crippen LogP contribution >= 0.6 is 0 Å². The number of hydrogen-bond donors (Lipinski definition) is 1. The fourth-order valence-corrected chi connectivity index (χ4v) is 5.72. The quantitative estimate of drug-likeness (QED) is 0.724. The normalized spacial score (nSPS) is 22.1. The van der Waals surface area contributed by atoms with Gasteiger partial charge in [-0.2, -0.15) is 0 Å². The van der Waals surface area contributed by atoms with Crippen LogP contribution in [0.4, 0.5) is 8.78 Å². The second-order valence-electron chi connectivity index (χ2n) is 8.62. The molecule has 2 heterocycles. The molecule has 164 valence electrons. The van der Waals surface area contributed by atoms with Gasteiger partial charge >= 0.3 is 0 Å². The minimum absolute atomic E-state index is 0.0224. The Kier molecular flexibility index (Phi) is 7.64. The van der Waals surface area contributed by atoms with Gasteiger partial charge in [0.2, 0.25) is 10.0 Å². The molecule has 0 saturated carbocycles. The van der Waals surface area contributed by atoms with Gasteiger partial charge in [0.25, 0.3) is 0 Å². The van der Waals surface area contributed by atoms with Crippen LogP contribution in [0.15, 0.2) is 18.2 Å². The van der Waals surface area contributed by atoms with Gasteiger partial charge in [-0.15, -0.1) is 0 Å². The number of piperidine rings is 2. The first-order valence-corrected chi connectivity index (χ1v) is 12.4. The molecule has 2 aliphatic rings. The molecule has 2 aliphatic heterocycles. The summed E-state index contributed by atoms with van der Waals surface area (Å²) in [6.07, 6.45) is 5.68. The van der Waals surface area contributed by atoms with Crippen LogP contribution in [0.1, 0.15) is 43.6 Å². The summed E-state index contributed by atoms with van der Waals surface area (Å²) >= 11 is 0. The number of hydrogen-bond acceptors (Lipinski definition) is 4. The summed E-state index contributed by atoms with van der Waals surface area (Å²) in [5.41, 5.74) is 6.47. The number of benzene rings is 1. The molecule has 0 bridgehead atoms. The number of rotatable bonds is 7. The molecule has 0 aliphatic carbocycles. The van der Waals surface area contributed by atoms with E-state index in [9.17, 15) is 17.2 Å². The van der Waals surface area contributed by atoms with E-state index < -0.39 is 21.7 Å². The average molecular weight is 430 g/mol. The standard InChI is InChI=1S/C21H33F2N3O2S/c1-29(27,28)26-10-4-17(5-11-26)21(18-12-19(22)14-20(23)13-18)6-9-25-7-2-16(15-24)3-8-25/h12-14,16-17,21H,2-11,15,24H2,1H3. The zero-order valence-corrected chi connectivity index (χ0v) is 18.0. The van der Waals surface area contributed by atoms with Gasteiger partial charge in [0, 0.05) is 19.2 Å². The lowest BCUT2D eigenvalue weighted by atomic mass is 9.78. The molecule has 1 atom stereocenters. The number of likely N-dealkylation sites (tertiary alicyclic amines) is 1. The van der Waals surface area contributed by atoms with E-state index in [0.717, 1.165) is 51.5 Å². The molecule has 1 unspecified atom stereocenters. The summed E-state index contributed by atoms with van der Waals surface area (Å²) in [6.45, 7) is 4.58. The van der Waals surface area contributed by atoms with Crippen LogP contribution in [-0.2, 0) is 10.0 Å². The number of sulfonamides is 1. The van der Waals surface area contributed by atoms with E-state index in [4.69, 9.17) is 5.73 Å². The molecule has 29 heavy (non-hydrogen) atoms. The highest BCUT2D eigenvalue weighted by molar-refractivity contribution is 7.88. The van der Waals surface area contributed by atoms with Crippen LogP contribution in [0, 0.1) is 23.5 Å². The second-order valence-corrected chi connectivity index (χ2v) is 10.6. The van der Waals surface area contributed by atoms with Crippen LogP contribution in [0.5, 0.6) is 0 Å². The average Bonchev–Trinajstić information content (AvgIpc) is 2.67. The zero-order valence-electron chi connectivity index (χ0n) is 17.2. The third-order valence-corrected chi connectivity index (χ3v) is 7.95. The van der Waals surface area contributed by atoms with Crippen LogP contribution in [0.3, 0.4) is 0 Å². The van der Waals surface area contributed by atoms with Gasteiger partial charge < -0.3 is 10.6 Å². The molecule has 2 fully saturated rings. The van der Waals surface area contributed by atoms with E-state index in [-0.39, 0.29) is 11.8 Å². The Bertz CT molecular complexity index is 754. The van der Waals surface area contributed by atoms with Crippen molar-refractivity contribution in [3.63, 3.8) is 0 Å². The van der Waals surface area contributed by atoms with Gasteiger partial charge in [-0.1, -0.05) is 0 Å². The highest BCUT2D eigenvalue weighted by Crippen LogP contribution is 2.37. The van der Waals surface area contributed by atoms with E-state index in [1.165, 1.54) is 22.7 Å². The van der Waals surface area contributed by atoms with Gasteiger partial charge in [-0.25, -0.2) is 21.5 Å². The lowest BCUT2D eigenvalue weighted by Crippen LogP contribution is -2.40. The lowest BCUT2D eigenvalue weighted by Gasteiger charge is -2.37. The molecule has 0 spiro atoms. The predicted molar refractivity (Wildman–Crippen MR) is 111 cm³/mol. The van der Waals surface area contributed by atoms with Crippen molar-refractivity contribution >= 4 is 10.0 Å². The van der Waals surface area contributed by atoms with Gasteiger partial charge in [0.1, 0.15) is 11.6 Å². The van der Waals surface area contributed by atoms with Gasteiger partial charge in [-0.05, 0) is 93.7 Å². The highest BCUT2D eigenvalue weighted by atomic mass is 32.2. The number of nitrogens with zero attached hydrogens (tertiary/aromatic N) is 2. The zero-order chi connectivity index (χ0) is 21.0. The van der Waals surface area contributed by atoms with Crippen LogP contribution in [0.25, 0.3) is 0 Å². The van der Waals surface area contributed by atoms with Crippen molar-refractivity contribution in [2.75, 3.05) is 45.5 Å². The highest BCUT2D eigenvalue weighted by Gasteiger charge is 2.31. The molecular weight excluding hydrogens is 396 g/mol. The van der Waals surface area contributed by atoms with Gasteiger partial charge in [0.15, 0.2) is 0 Å². The maximum absolute atomic E-state index is 13.9. The third kappa shape index (κ3) is 6.20. The minimum atomic E-state index is -3.20. The Morgan fingerprint density at radius 3 is 2.14 bits per heavy atom. The van der Waals surface area contributed by atoms with E-state index in [1.807, 2.05) is 0 Å². The minimum Gasteiger partial charge on any atom is -0.330 e. The van der Waals surface area contributed by atoms with Crippen LogP contribution in [-0.4, -0.2) is 63.1 Å². The summed E-state index contributed by atoms with van der Waals surface area (Å²) < 4.78 is 52.9. The van der Waals surface area contributed by atoms with E-state index >= 15 is 0 Å². The Morgan fingerprint density at radius 1 is 1.03 bits per heavy atom. The molecule has 8 heteroatoms. The maximum atomic E-state index is 13.9. The van der Waals surface area contributed by atoms with Crippen molar-refractivity contribution in [3.05, 3.63) is 35.4 Å². The van der Waals surface area contributed by atoms with E-state index in [2.05, 4.69) is 4.90 Å². The second kappa shape index (κ2) is 9.81. The van der Waals surface area contributed by atoms with Gasteiger partial charge in [0.05, 0.1) is 6.26 Å². The first-order chi connectivity index (χ1) is 13.8. The van der Waals surface area contributed by atoms with E-state index in [1.54, 1.807) is 0 Å². The fourth-order valence-electron chi connectivity index (χ4n) is 4.84. The SMILES string of the molecule is CS(=O)(=O)N1CCC(C(CCN2CCC(CN)CC2)c2cc(F)cc(F)c2)CC1. The van der Waals surface area contributed by atoms with Crippen molar-refractivity contribution in [2.45, 2.75) is 38.0 Å². The van der Waals surface area contributed by atoms with Crippen LogP contribution in [0.2, 0.25) is 0 Å². The topological polar surface area (TPSA) is 66.6 Å². The molecule has 2 N–H and O–H groups in total. The molecule has 0 amide bonds. The first-order valence-electron chi connectivity index (χ1n) is 10.6. The monoisotopic (exact) mass is 429 g/mol. The summed E-state index contributed by atoms with van der Waals surface area (Å²) in [5, 5.41) is 0. The smallest absolute Gasteiger partial charge is 0.211 e. The Balaban J connectivity index is 1.69. The van der Waals surface area contributed by atoms with Gasteiger partial charge in [-0.3, -0.25) is 0 Å². The summed E-state index contributed by atoms with van der Waals surface area (Å²) in [6, 6.07) is 3.79. The Labute approximate surface area is 173 Å². The maximum Gasteiger partial charge on any atom is 0.211 e. The molecule has 0 aromatic heterocycles. The van der Waals surface area contributed by atoms with Crippen molar-refractivity contribution in [1.82, 2.24) is 9.21 Å². The van der Waals surface area contributed by atoms with Crippen molar-refractivity contribution < 1.29 is 17.2 Å². The predicted octanol–water partition coefficient (Wildman–Crippen LogP) is 2.78. The molecular formula is C21H33F2N3O2S. The first kappa shape index (κ1) is 22.6. The molecule has 2 saturated heterocycles. The lowest BCUT2D eigenvalue weighted by molar-refractivity contribution is 0.168. The summed E-state index contributed by atoms with van der Waals surface area (Å²) in [4.78, 5) is 2.42. The Morgan fingerprint density at radius 2 is 1.62 bits per heavy atom. The summed E-state index contributed by atoms with van der Waals surface area (Å²) in [7, 11) is -3.20. The van der Waals surface area contributed by atoms with Crippen LogP contribution < -0.4 is 5.73 Å². The molecule has 3 rings (SSSR count). The molecule has 1 aromatic carbocycles. The largest absolute Gasteiger partial charge is 0.330 e. The van der Waals surface area contributed by atoms with Crippen molar-refractivity contribution in [3.8, 4) is 0 Å². The van der Waals surface area contributed by atoms with E-state index in [0.29, 0.717) is 37.4 Å².